The number of benzene rings is 1. The summed E-state index contributed by atoms with van der Waals surface area (Å²) in [5.41, 5.74) is 4.69. The monoisotopic (exact) mass is 363 g/mol. The Labute approximate surface area is 151 Å². The Kier molecular flexibility index (Phi) is 5.76. The molecule has 1 aromatic heterocycles. The van der Waals surface area contributed by atoms with Gasteiger partial charge in [-0.05, 0) is 76.2 Å². The molecular weight excluding hydrogens is 334 g/mol. The molecule has 1 atom stereocenters. The molecule has 0 bridgehead atoms. The predicted octanol–water partition coefficient (Wildman–Crippen LogP) is 2.84. The van der Waals surface area contributed by atoms with Crippen LogP contribution in [0.3, 0.4) is 0 Å². The van der Waals surface area contributed by atoms with Crippen LogP contribution in [0.2, 0.25) is 0 Å². The van der Waals surface area contributed by atoms with E-state index in [1.54, 1.807) is 0 Å². The van der Waals surface area contributed by atoms with Crippen molar-refractivity contribution in [1.82, 2.24) is 14.2 Å². The zero-order valence-corrected chi connectivity index (χ0v) is 17.0. The third kappa shape index (κ3) is 3.97. The van der Waals surface area contributed by atoms with E-state index in [9.17, 15) is 8.42 Å². The van der Waals surface area contributed by atoms with Crippen LogP contribution in [0.15, 0.2) is 29.3 Å². The van der Waals surface area contributed by atoms with Crippen LogP contribution >= 0.6 is 0 Å². The minimum Gasteiger partial charge on any atom is -0.353 e. The van der Waals surface area contributed by atoms with Gasteiger partial charge in [-0.1, -0.05) is 6.07 Å². The highest BCUT2D eigenvalue weighted by Crippen LogP contribution is 2.26. The zero-order valence-electron chi connectivity index (χ0n) is 16.2. The first-order chi connectivity index (χ1) is 11.6. The van der Waals surface area contributed by atoms with Gasteiger partial charge >= 0.3 is 0 Å². The van der Waals surface area contributed by atoms with Gasteiger partial charge in [0.25, 0.3) is 0 Å². The van der Waals surface area contributed by atoms with Crippen molar-refractivity contribution in [3.63, 3.8) is 0 Å². The number of nitrogens with zero attached hydrogens (tertiary/aromatic N) is 2. The topological polar surface area (TPSA) is 54.3 Å². The van der Waals surface area contributed by atoms with E-state index < -0.39 is 10.0 Å². The average molecular weight is 364 g/mol. The number of hydrogen-bond donors (Lipinski definition) is 1. The largest absolute Gasteiger partial charge is 0.353 e. The molecule has 0 radical (unpaired) electrons. The lowest BCUT2D eigenvalue weighted by molar-refractivity contribution is 0.289. The Morgan fingerprint density at radius 3 is 2.12 bits per heavy atom. The van der Waals surface area contributed by atoms with Crippen LogP contribution in [0.5, 0.6) is 0 Å². The number of aryl methyl sites for hydroxylation is 3. The Morgan fingerprint density at radius 1 is 1.12 bits per heavy atom. The summed E-state index contributed by atoms with van der Waals surface area (Å²) in [5, 5.41) is 0. The summed E-state index contributed by atoms with van der Waals surface area (Å²) in [6.07, 6.45) is 1.97. The summed E-state index contributed by atoms with van der Waals surface area (Å²) in [4.78, 5) is 2.44. The maximum absolute atomic E-state index is 13.0. The second-order valence-corrected chi connectivity index (χ2v) is 8.67. The van der Waals surface area contributed by atoms with Crippen molar-refractivity contribution in [1.29, 1.82) is 0 Å². The Balaban J connectivity index is 2.35. The first-order valence-corrected chi connectivity index (χ1v) is 9.89. The molecule has 2 aromatic rings. The number of aromatic nitrogens is 1. The van der Waals surface area contributed by atoms with E-state index in [-0.39, 0.29) is 6.04 Å². The Hall–Kier alpha value is -1.63. The minimum atomic E-state index is -3.59. The third-order valence-electron chi connectivity index (χ3n) is 4.98. The molecule has 25 heavy (non-hydrogen) atoms. The normalized spacial score (nSPS) is 13.4. The van der Waals surface area contributed by atoms with E-state index in [0.29, 0.717) is 11.4 Å². The van der Waals surface area contributed by atoms with Gasteiger partial charge in [-0.25, -0.2) is 13.1 Å². The predicted molar refractivity (Wildman–Crippen MR) is 102 cm³/mol. The minimum absolute atomic E-state index is 0.0405. The van der Waals surface area contributed by atoms with Gasteiger partial charge in [-0.15, -0.1) is 0 Å². The van der Waals surface area contributed by atoms with Gasteiger partial charge < -0.3 is 4.57 Å². The quantitative estimate of drug-likeness (QED) is 0.859. The molecule has 6 heteroatoms. The molecule has 0 spiro atoms. The standard InChI is InChI=1S/C19H29N3O2S/c1-13-11-14(2)16(4)19(15(13)3)25(23,24)20-12-18(21(5)6)17-9-8-10-22(17)7/h8-11,18,20H,12H2,1-7H3. The van der Waals surface area contributed by atoms with Gasteiger partial charge in [-0.2, -0.15) is 0 Å². The number of sulfonamides is 1. The molecular formula is C19H29N3O2S. The molecule has 0 aliphatic rings. The zero-order chi connectivity index (χ0) is 18.9. The van der Waals surface area contributed by atoms with Gasteiger partial charge in [0.1, 0.15) is 0 Å². The molecule has 0 saturated carbocycles. The third-order valence-corrected chi connectivity index (χ3v) is 6.68. The van der Waals surface area contributed by atoms with Crippen molar-refractivity contribution >= 4 is 10.0 Å². The second kappa shape index (κ2) is 7.32. The van der Waals surface area contributed by atoms with Crippen molar-refractivity contribution in [3.8, 4) is 0 Å². The van der Waals surface area contributed by atoms with Crippen LogP contribution in [0.25, 0.3) is 0 Å². The molecule has 0 aliphatic carbocycles. The summed E-state index contributed by atoms with van der Waals surface area (Å²) in [5.74, 6) is 0. The van der Waals surface area contributed by atoms with Crippen LogP contribution in [-0.4, -0.2) is 38.5 Å². The van der Waals surface area contributed by atoms with Gasteiger partial charge in [0, 0.05) is 25.5 Å². The maximum atomic E-state index is 13.0. The van der Waals surface area contributed by atoms with E-state index in [0.717, 1.165) is 27.9 Å². The summed E-state index contributed by atoms with van der Waals surface area (Å²) in [7, 11) is 2.30. The van der Waals surface area contributed by atoms with Gasteiger partial charge in [0.2, 0.25) is 10.0 Å². The smallest absolute Gasteiger partial charge is 0.241 e. The molecule has 138 valence electrons. The highest BCUT2D eigenvalue weighted by Gasteiger charge is 2.25. The lowest BCUT2D eigenvalue weighted by atomic mass is 10.0. The molecule has 1 unspecified atom stereocenters. The molecule has 0 fully saturated rings. The fourth-order valence-electron chi connectivity index (χ4n) is 3.22. The van der Waals surface area contributed by atoms with Crippen molar-refractivity contribution in [2.75, 3.05) is 20.6 Å². The summed E-state index contributed by atoms with van der Waals surface area (Å²) < 4.78 is 30.9. The fourth-order valence-corrected chi connectivity index (χ4v) is 4.87. The van der Waals surface area contributed by atoms with E-state index in [1.165, 1.54) is 0 Å². The van der Waals surface area contributed by atoms with Crippen molar-refractivity contribution in [3.05, 3.63) is 52.3 Å². The molecule has 0 aliphatic heterocycles. The lowest BCUT2D eigenvalue weighted by Crippen LogP contribution is -2.36. The maximum Gasteiger partial charge on any atom is 0.241 e. The van der Waals surface area contributed by atoms with Crippen LogP contribution in [-0.2, 0) is 17.1 Å². The molecule has 1 heterocycles. The molecule has 5 nitrogen and oxygen atoms in total. The van der Waals surface area contributed by atoms with Crippen LogP contribution < -0.4 is 4.72 Å². The van der Waals surface area contributed by atoms with E-state index in [1.807, 2.05) is 82.7 Å². The number of hydrogen-bond acceptors (Lipinski definition) is 3. The summed E-state index contributed by atoms with van der Waals surface area (Å²) in [6, 6.07) is 5.99. The molecule has 1 aromatic carbocycles. The van der Waals surface area contributed by atoms with Gasteiger partial charge in [0.15, 0.2) is 0 Å². The molecule has 2 rings (SSSR count). The fraction of sp³-hybridized carbons (Fsp3) is 0.474. The summed E-state index contributed by atoms with van der Waals surface area (Å²) in [6.45, 7) is 7.97. The molecule has 1 N–H and O–H groups in total. The van der Waals surface area contributed by atoms with E-state index >= 15 is 0 Å². The van der Waals surface area contributed by atoms with E-state index in [2.05, 4.69) is 4.72 Å². The highest BCUT2D eigenvalue weighted by atomic mass is 32.2. The van der Waals surface area contributed by atoms with Crippen molar-refractivity contribution in [2.45, 2.75) is 38.6 Å². The SMILES string of the molecule is Cc1cc(C)c(C)c(S(=O)(=O)NCC(c2cccn2C)N(C)C)c1C. The average Bonchev–Trinajstić information content (AvgIpc) is 2.91. The number of likely N-dealkylation sites (N-methyl/N-ethyl adjacent to an activating group) is 1. The Bertz CT molecular complexity index is 841. The first kappa shape index (κ1) is 19.7. The molecule has 0 amide bonds. The Morgan fingerprint density at radius 2 is 1.68 bits per heavy atom. The van der Waals surface area contributed by atoms with Crippen LogP contribution in [0.4, 0.5) is 0 Å². The van der Waals surface area contributed by atoms with E-state index in [4.69, 9.17) is 0 Å². The summed E-state index contributed by atoms with van der Waals surface area (Å²) >= 11 is 0. The second-order valence-electron chi connectivity index (χ2n) is 6.96. The van der Waals surface area contributed by atoms with Gasteiger partial charge in [0.05, 0.1) is 10.9 Å². The van der Waals surface area contributed by atoms with Crippen LogP contribution in [0.1, 0.15) is 34.0 Å². The van der Waals surface area contributed by atoms with Crippen molar-refractivity contribution < 1.29 is 8.42 Å². The number of nitrogens with one attached hydrogen (secondary N) is 1. The van der Waals surface area contributed by atoms with Gasteiger partial charge in [-0.3, -0.25) is 4.90 Å². The first-order valence-electron chi connectivity index (χ1n) is 8.41. The molecule has 0 saturated heterocycles. The lowest BCUT2D eigenvalue weighted by Gasteiger charge is -2.26. The van der Waals surface area contributed by atoms with Crippen LogP contribution in [0, 0.1) is 27.7 Å². The highest BCUT2D eigenvalue weighted by molar-refractivity contribution is 7.89. The number of rotatable bonds is 6. The van der Waals surface area contributed by atoms with Crippen molar-refractivity contribution in [2.24, 2.45) is 7.05 Å².